The molecule has 0 heterocycles. The van der Waals surface area contributed by atoms with E-state index in [9.17, 15) is 9.59 Å². The molecule has 94 valence electrons. The van der Waals surface area contributed by atoms with Crippen molar-refractivity contribution in [3.05, 3.63) is 28.2 Å². The molecule has 0 aliphatic rings. The maximum Gasteiger partial charge on any atom is 0.337 e. The third kappa shape index (κ3) is 4.11. The summed E-state index contributed by atoms with van der Waals surface area (Å²) in [5.41, 5.74) is 0.244. The van der Waals surface area contributed by atoms with Crippen molar-refractivity contribution in [3.63, 3.8) is 0 Å². The standard InChI is InChI=1S/C12H11BrN2O3/c1-2-3-6-14-12(18)15-10-5-4-8(13)7-9(10)11(16)17/h4-5,7H,6H2,1H3,(H,16,17)(H2,14,15,18). The fourth-order valence-electron chi connectivity index (χ4n) is 1.18. The number of benzene rings is 1. The number of urea groups is 1. The smallest absolute Gasteiger partial charge is 0.337 e. The summed E-state index contributed by atoms with van der Waals surface area (Å²) in [5.74, 6) is 4.19. The molecule has 6 heteroatoms. The number of amides is 2. The van der Waals surface area contributed by atoms with Gasteiger partial charge in [0, 0.05) is 4.47 Å². The number of carboxylic acid groups (broad SMARTS) is 1. The second-order valence-corrected chi connectivity index (χ2v) is 4.15. The second kappa shape index (κ2) is 6.67. The molecule has 0 unspecified atom stereocenters. The first-order valence-corrected chi connectivity index (χ1v) is 5.81. The minimum absolute atomic E-state index is 0.0149. The van der Waals surface area contributed by atoms with Crippen LogP contribution in [0.25, 0.3) is 0 Å². The molecule has 0 radical (unpaired) electrons. The Kier molecular flexibility index (Phi) is 5.21. The molecule has 18 heavy (non-hydrogen) atoms. The third-order valence-electron chi connectivity index (χ3n) is 1.97. The van der Waals surface area contributed by atoms with Crippen LogP contribution in [0.3, 0.4) is 0 Å². The highest BCUT2D eigenvalue weighted by Gasteiger charge is 2.12. The van der Waals surface area contributed by atoms with Crippen LogP contribution in [0.1, 0.15) is 17.3 Å². The lowest BCUT2D eigenvalue weighted by Gasteiger charge is -2.08. The van der Waals surface area contributed by atoms with Crippen LogP contribution in [-0.2, 0) is 0 Å². The second-order valence-electron chi connectivity index (χ2n) is 3.23. The van der Waals surface area contributed by atoms with Gasteiger partial charge in [0.05, 0.1) is 17.8 Å². The van der Waals surface area contributed by atoms with Crippen LogP contribution in [0.15, 0.2) is 22.7 Å². The molecule has 5 nitrogen and oxygen atoms in total. The number of carboxylic acids is 1. The van der Waals surface area contributed by atoms with E-state index in [0.29, 0.717) is 4.47 Å². The van der Waals surface area contributed by atoms with E-state index in [2.05, 4.69) is 38.4 Å². The number of hydrogen-bond donors (Lipinski definition) is 3. The van der Waals surface area contributed by atoms with Crippen molar-refractivity contribution in [3.8, 4) is 11.8 Å². The van der Waals surface area contributed by atoms with Gasteiger partial charge in [0.15, 0.2) is 0 Å². The number of anilines is 1. The molecule has 0 bridgehead atoms. The van der Waals surface area contributed by atoms with Gasteiger partial charge in [0.25, 0.3) is 0 Å². The van der Waals surface area contributed by atoms with Gasteiger partial charge in [-0.1, -0.05) is 21.9 Å². The molecule has 0 saturated carbocycles. The lowest BCUT2D eigenvalue weighted by atomic mass is 10.2. The van der Waals surface area contributed by atoms with Crippen LogP contribution in [0.2, 0.25) is 0 Å². The van der Waals surface area contributed by atoms with E-state index in [0.717, 1.165) is 0 Å². The summed E-state index contributed by atoms with van der Waals surface area (Å²) < 4.78 is 0.628. The van der Waals surface area contributed by atoms with Gasteiger partial charge in [0.1, 0.15) is 0 Å². The maximum atomic E-state index is 11.5. The van der Waals surface area contributed by atoms with Gasteiger partial charge in [0.2, 0.25) is 0 Å². The molecule has 0 aromatic heterocycles. The SMILES string of the molecule is CC#CCNC(=O)Nc1ccc(Br)cc1C(=O)O. The number of carbonyl (C=O) groups is 2. The first-order valence-electron chi connectivity index (χ1n) is 5.02. The predicted octanol–water partition coefficient (Wildman–Crippen LogP) is 2.29. The predicted molar refractivity (Wildman–Crippen MR) is 71.6 cm³/mol. The zero-order chi connectivity index (χ0) is 13.5. The van der Waals surface area contributed by atoms with E-state index in [1.54, 1.807) is 13.0 Å². The lowest BCUT2D eigenvalue weighted by molar-refractivity contribution is 0.0698. The molecule has 1 aromatic rings. The molecule has 0 aliphatic heterocycles. The Morgan fingerprint density at radius 2 is 2.17 bits per heavy atom. The van der Waals surface area contributed by atoms with Crippen molar-refractivity contribution < 1.29 is 14.7 Å². The van der Waals surface area contributed by atoms with Crippen molar-refractivity contribution in [2.75, 3.05) is 11.9 Å². The molecule has 0 spiro atoms. The van der Waals surface area contributed by atoms with Gasteiger partial charge in [-0.15, -0.1) is 5.92 Å². The average Bonchev–Trinajstić information content (AvgIpc) is 2.31. The van der Waals surface area contributed by atoms with E-state index < -0.39 is 12.0 Å². The summed E-state index contributed by atoms with van der Waals surface area (Å²) in [5, 5.41) is 13.9. The van der Waals surface area contributed by atoms with E-state index in [1.165, 1.54) is 12.1 Å². The van der Waals surface area contributed by atoms with Crippen LogP contribution in [0.4, 0.5) is 10.5 Å². The first kappa shape index (κ1) is 14.1. The Labute approximate surface area is 113 Å². The van der Waals surface area contributed by atoms with Crippen LogP contribution in [0, 0.1) is 11.8 Å². The number of nitrogens with one attached hydrogen (secondary N) is 2. The minimum atomic E-state index is -1.11. The highest BCUT2D eigenvalue weighted by molar-refractivity contribution is 9.10. The number of hydrogen-bond acceptors (Lipinski definition) is 2. The topological polar surface area (TPSA) is 78.4 Å². The summed E-state index contributed by atoms with van der Waals surface area (Å²) in [6.45, 7) is 1.87. The molecule has 0 saturated heterocycles. The quantitative estimate of drug-likeness (QED) is 0.750. The van der Waals surface area contributed by atoms with Gasteiger partial charge in [-0.2, -0.15) is 0 Å². The maximum absolute atomic E-state index is 11.5. The number of carbonyl (C=O) groups excluding carboxylic acids is 1. The summed E-state index contributed by atoms with van der Waals surface area (Å²) in [6.07, 6.45) is 0. The Hall–Kier alpha value is -2.00. The van der Waals surface area contributed by atoms with Crippen molar-refractivity contribution in [1.29, 1.82) is 0 Å². The highest BCUT2D eigenvalue weighted by atomic mass is 79.9. The van der Waals surface area contributed by atoms with Gasteiger partial charge in [-0.05, 0) is 25.1 Å². The van der Waals surface area contributed by atoms with Gasteiger partial charge in [-0.25, -0.2) is 9.59 Å². The minimum Gasteiger partial charge on any atom is -0.478 e. The molecular formula is C12H11BrN2O3. The molecule has 0 aliphatic carbocycles. The molecule has 0 atom stereocenters. The first-order chi connectivity index (χ1) is 8.54. The van der Waals surface area contributed by atoms with E-state index >= 15 is 0 Å². The largest absolute Gasteiger partial charge is 0.478 e. The van der Waals surface area contributed by atoms with E-state index in [4.69, 9.17) is 5.11 Å². The van der Waals surface area contributed by atoms with Crippen LogP contribution in [0.5, 0.6) is 0 Å². The molecule has 1 aromatic carbocycles. The van der Waals surface area contributed by atoms with Crippen LogP contribution in [-0.4, -0.2) is 23.7 Å². The summed E-state index contributed by atoms with van der Waals surface area (Å²) in [4.78, 5) is 22.5. The van der Waals surface area contributed by atoms with Gasteiger partial charge < -0.3 is 15.7 Å². The zero-order valence-electron chi connectivity index (χ0n) is 9.58. The fourth-order valence-corrected chi connectivity index (χ4v) is 1.54. The normalized spacial score (nSPS) is 9.00. The van der Waals surface area contributed by atoms with Crippen molar-refractivity contribution in [2.45, 2.75) is 6.92 Å². The van der Waals surface area contributed by atoms with E-state index in [-0.39, 0.29) is 17.8 Å². The molecule has 0 fully saturated rings. The Balaban J connectivity index is 2.79. The lowest BCUT2D eigenvalue weighted by Crippen LogP contribution is -2.29. The molecule has 2 amide bonds. The monoisotopic (exact) mass is 310 g/mol. The van der Waals surface area contributed by atoms with Crippen molar-refractivity contribution >= 4 is 33.6 Å². The van der Waals surface area contributed by atoms with Crippen LogP contribution < -0.4 is 10.6 Å². The molecular weight excluding hydrogens is 300 g/mol. The van der Waals surface area contributed by atoms with Crippen LogP contribution >= 0.6 is 15.9 Å². The summed E-state index contributed by atoms with van der Waals surface area (Å²) in [7, 11) is 0. The Morgan fingerprint density at radius 3 is 2.78 bits per heavy atom. The molecule has 1 rings (SSSR count). The van der Waals surface area contributed by atoms with Gasteiger partial charge >= 0.3 is 12.0 Å². The van der Waals surface area contributed by atoms with Crippen molar-refractivity contribution in [2.24, 2.45) is 0 Å². The number of rotatable bonds is 3. The van der Waals surface area contributed by atoms with Crippen molar-refractivity contribution in [1.82, 2.24) is 5.32 Å². The summed E-state index contributed by atoms with van der Waals surface area (Å²) in [6, 6.07) is 4.08. The third-order valence-corrected chi connectivity index (χ3v) is 2.47. The highest BCUT2D eigenvalue weighted by Crippen LogP contribution is 2.20. The fraction of sp³-hybridized carbons (Fsp3) is 0.167. The zero-order valence-corrected chi connectivity index (χ0v) is 11.2. The Bertz CT molecular complexity index is 532. The Morgan fingerprint density at radius 1 is 1.44 bits per heavy atom. The van der Waals surface area contributed by atoms with E-state index in [1.807, 2.05) is 0 Å². The number of halogens is 1. The van der Waals surface area contributed by atoms with Gasteiger partial charge in [-0.3, -0.25) is 0 Å². The molecule has 3 N–H and O–H groups in total. The summed E-state index contributed by atoms with van der Waals surface area (Å²) >= 11 is 3.17. The number of aromatic carboxylic acids is 1. The average molecular weight is 311 g/mol.